The van der Waals surface area contributed by atoms with E-state index in [9.17, 15) is 17.6 Å². The minimum absolute atomic E-state index is 0.00608. The number of nitrogens with one attached hydrogen (secondary N) is 1. The predicted octanol–water partition coefficient (Wildman–Crippen LogP) is 3.56. The second-order valence-corrected chi connectivity index (χ2v) is 8.50. The van der Waals surface area contributed by atoms with Gasteiger partial charge in [-0.3, -0.25) is 9.10 Å². The van der Waals surface area contributed by atoms with Gasteiger partial charge >= 0.3 is 0 Å². The van der Waals surface area contributed by atoms with Crippen LogP contribution in [0.5, 0.6) is 0 Å². The van der Waals surface area contributed by atoms with Gasteiger partial charge in [0.15, 0.2) is 0 Å². The average Bonchev–Trinajstić information content (AvgIpc) is 2.59. The van der Waals surface area contributed by atoms with E-state index in [4.69, 9.17) is 0 Å². The maximum Gasteiger partial charge on any atom is 0.232 e. The van der Waals surface area contributed by atoms with Crippen molar-refractivity contribution in [1.29, 1.82) is 0 Å². The quantitative estimate of drug-likeness (QED) is 0.747. The van der Waals surface area contributed by atoms with Crippen LogP contribution >= 0.6 is 0 Å². The summed E-state index contributed by atoms with van der Waals surface area (Å²) in [6.07, 6.45) is 1.46. The van der Waals surface area contributed by atoms with Crippen LogP contribution in [0.25, 0.3) is 0 Å². The zero-order valence-electron chi connectivity index (χ0n) is 15.8. The fourth-order valence-corrected chi connectivity index (χ4v) is 3.72. The van der Waals surface area contributed by atoms with Crippen molar-refractivity contribution in [2.45, 2.75) is 32.7 Å². The van der Waals surface area contributed by atoms with Gasteiger partial charge in [-0.05, 0) is 38.0 Å². The van der Waals surface area contributed by atoms with E-state index in [1.165, 1.54) is 18.2 Å². The van der Waals surface area contributed by atoms with Crippen molar-refractivity contribution in [2.75, 3.05) is 17.1 Å². The molecule has 0 radical (unpaired) electrons. The Morgan fingerprint density at radius 2 is 1.78 bits per heavy atom. The minimum Gasteiger partial charge on any atom is -0.350 e. The standard InChI is InChI=1S/C20H25FN2O3S/c1-15-10-12-17(13-11-15)16(2)22-20(24)9-6-14-23(27(3,25)26)19-8-5-4-7-18(19)21/h4-5,7-8,10-13,16H,6,9,14H2,1-3H3,(H,22,24)/t16-/m1/s1. The number of halogens is 1. The first-order valence-electron chi connectivity index (χ1n) is 8.76. The first-order chi connectivity index (χ1) is 12.7. The van der Waals surface area contributed by atoms with E-state index in [-0.39, 0.29) is 37.0 Å². The lowest BCUT2D eigenvalue weighted by atomic mass is 10.1. The number of hydrogen-bond donors (Lipinski definition) is 1. The third-order valence-corrected chi connectivity index (χ3v) is 5.42. The van der Waals surface area contributed by atoms with Crippen LogP contribution in [0.2, 0.25) is 0 Å². The van der Waals surface area contributed by atoms with Gasteiger partial charge in [-0.25, -0.2) is 12.8 Å². The third-order valence-electron chi connectivity index (χ3n) is 4.24. The Morgan fingerprint density at radius 1 is 1.15 bits per heavy atom. The molecule has 0 aliphatic heterocycles. The van der Waals surface area contributed by atoms with Gasteiger partial charge < -0.3 is 5.32 Å². The second kappa shape index (κ2) is 8.99. The maximum atomic E-state index is 14.0. The number of benzene rings is 2. The Balaban J connectivity index is 1.93. The molecule has 7 heteroatoms. The van der Waals surface area contributed by atoms with E-state index in [0.29, 0.717) is 0 Å². The summed E-state index contributed by atoms with van der Waals surface area (Å²) in [5, 5.41) is 2.90. The zero-order valence-corrected chi connectivity index (χ0v) is 16.6. The van der Waals surface area contributed by atoms with E-state index in [1.807, 2.05) is 38.1 Å². The predicted molar refractivity (Wildman–Crippen MR) is 106 cm³/mol. The monoisotopic (exact) mass is 392 g/mol. The minimum atomic E-state index is -3.65. The summed E-state index contributed by atoms with van der Waals surface area (Å²) < 4.78 is 39.0. The van der Waals surface area contributed by atoms with Crippen LogP contribution in [0, 0.1) is 12.7 Å². The van der Waals surface area contributed by atoms with Crippen LogP contribution in [0.15, 0.2) is 48.5 Å². The number of hydrogen-bond acceptors (Lipinski definition) is 3. The molecular weight excluding hydrogens is 367 g/mol. The maximum absolute atomic E-state index is 14.0. The molecule has 0 bridgehead atoms. The topological polar surface area (TPSA) is 66.5 Å². The molecule has 0 fully saturated rings. The molecule has 0 aliphatic rings. The number of para-hydroxylation sites is 1. The molecule has 0 spiro atoms. The average molecular weight is 392 g/mol. The highest BCUT2D eigenvalue weighted by Gasteiger charge is 2.20. The van der Waals surface area contributed by atoms with Gasteiger partial charge in [0.1, 0.15) is 5.82 Å². The molecule has 1 N–H and O–H groups in total. The van der Waals surface area contributed by atoms with Crippen LogP contribution in [-0.4, -0.2) is 27.1 Å². The number of sulfonamides is 1. The SMILES string of the molecule is Cc1ccc([C@@H](C)NC(=O)CCCN(c2ccccc2F)S(C)(=O)=O)cc1. The highest BCUT2D eigenvalue weighted by atomic mass is 32.2. The summed E-state index contributed by atoms with van der Waals surface area (Å²) >= 11 is 0. The Labute approximate surface area is 160 Å². The van der Waals surface area contributed by atoms with E-state index in [2.05, 4.69) is 5.32 Å². The molecule has 1 amide bonds. The molecule has 0 saturated carbocycles. The van der Waals surface area contributed by atoms with E-state index >= 15 is 0 Å². The summed E-state index contributed by atoms with van der Waals surface area (Å²) in [7, 11) is -3.65. The lowest BCUT2D eigenvalue weighted by Gasteiger charge is -2.23. The first-order valence-corrected chi connectivity index (χ1v) is 10.6. The summed E-state index contributed by atoms with van der Waals surface area (Å²) in [6, 6.07) is 13.4. The highest BCUT2D eigenvalue weighted by Crippen LogP contribution is 2.22. The molecule has 146 valence electrons. The molecule has 0 unspecified atom stereocenters. The number of carbonyl (C=O) groups excluding carboxylic acids is 1. The van der Waals surface area contributed by atoms with Crippen molar-refractivity contribution in [2.24, 2.45) is 0 Å². The Hall–Kier alpha value is -2.41. The number of anilines is 1. The normalized spacial score (nSPS) is 12.4. The molecule has 2 aromatic rings. The summed E-state index contributed by atoms with van der Waals surface area (Å²) in [6.45, 7) is 3.92. The Bertz CT molecular complexity index is 882. The van der Waals surface area contributed by atoms with E-state index in [0.717, 1.165) is 21.7 Å². The van der Waals surface area contributed by atoms with Crippen molar-refractivity contribution in [1.82, 2.24) is 5.32 Å². The summed E-state index contributed by atoms with van der Waals surface area (Å²) in [5.74, 6) is -0.787. The van der Waals surface area contributed by atoms with Crippen LogP contribution < -0.4 is 9.62 Å². The fourth-order valence-electron chi connectivity index (χ4n) is 2.75. The van der Waals surface area contributed by atoms with Crippen molar-refractivity contribution in [3.63, 3.8) is 0 Å². The van der Waals surface area contributed by atoms with Gasteiger partial charge in [-0.1, -0.05) is 42.0 Å². The van der Waals surface area contributed by atoms with Gasteiger partial charge in [0.25, 0.3) is 0 Å². The van der Waals surface area contributed by atoms with E-state index < -0.39 is 15.8 Å². The number of nitrogens with zero attached hydrogens (tertiary/aromatic N) is 1. The third kappa shape index (κ3) is 6.06. The molecule has 5 nitrogen and oxygen atoms in total. The smallest absolute Gasteiger partial charge is 0.232 e. The van der Waals surface area contributed by atoms with Crippen LogP contribution in [0.1, 0.15) is 36.9 Å². The van der Waals surface area contributed by atoms with Crippen molar-refractivity contribution in [3.05, 3.63) is 65.5 Å². The number of aryl methyl sites for hydroxylation is 1. The molecule has 0 heterocycles. The molecule has 2 rings (SSSR count). The molecule has 2 aromatic carbocycles. The second-order valence-electron chi connectivity index (χ2n) is 6.59. The molecular formula is C20H25FN2O3S. The lowest BCUT2D eigenvalue weighted by molar-refractivity contribution is -0.121. The lowest BCUT2D eigenvalue weighted by Crippen LogP contribution is -2.33. The molecule has 27 heavy (non-hydrogen) atoms. The molecule has 0 aromatic heterocycles. The van der Waals surface area contributed by atoms with Gasteiger partial charge in [-0.2, -0.15) is 0 Å². The fraction of sp³-hybridized carbons (Fsp3) is 0.350. The van der Waals surface area contributed by atoms with Gasteiger partial charge in [-0.15, -0.1) is 0 Å². The highest BCUT2D eigenvalue weighted by molar-refractivity contribution is 7.92. The largest absolute Gasteiger partial charge is 0.350 e. The Kier molecular flexibility index (Phi) is 6.96. The van der Waals surface area contributed by atoms with Gasteiger partial charge in [0.05, 0.1) is 18.0 Å². The summed E-state index contributed by atoms with van der Waals surface area (Å²) in [5.41, 5.74) is 2.14. The van der Waals surface area contributed by atoms with Crippen molar-refractivity contribution < 1.29 is 17.6 Å². The summed E-state index contributed by atoms with van der Waals surface area (Å²) in [4.78, 5) is 12.2. The Morgan fingerprint density at radius 3 is 2.37 bits per heavy atom. The molecule has 0 saturated heterocycles. The van der Waals surface area contributed by atoms with Crippen LogP contribution in [0.3, 0.4) is 0 Å². The van der Waals surface area contributed by atoms with Gasteiger partial charge in [0.2, 0.25) is 15.9 Å². The first kappa shape index (κ1) is 20.9. The molecule has 0 aliphatic carbocycles. The van der Waals surface area contributed by atoms with Crippen LogP contribution in [0.4, 0.5) is 10.1 Å². The van der Waals surface area contributed by atoms with Crippen LogP contribution in [-0.2, 0) is 14.8 Å². The zero-order chi connectivity index (χ0) is 20.0. The van der Waals surface area contributed by atoms with E-state index in [1.54, 1.807) is 6.07 Å². The number of rotatable bonds is 8. The number of carbonyl (C=O) groups is 1. The van der Waals surface area contributed by atoms with Gasteiger partial charge in [0, 0.05) is 13.0 Å². The molecule has 1 atom stereocenters. The van der Waals surface area contributed by atoms with Crippen molar-refractivity contribution >= 4 is 21.6 Å². The number of amides is 1. The van der Waals surface area contributed by atoms with Crippen molar-refractivity contribution in [3.8, 4) is 0 Å².